The number of carboxylic acid groups (broad SMARTS) is 1. The van der Waals surface area contributed by atoms with Gasteiger partial charge in [0.2, 0.25) is 0 Å². The molecule has 2 aromatic rings. The normalized spacial score (nSPS) is 12.6. The molecule has 0 fully saturated rings. The highest BCUT2D eigenvalue weighted by molar-refractivity contribution is 6.33. The Morgan fingerprint density at radius 3 is 2.45 bits per heavy atom. The second kappa shape index (κ2) is 12.1. The molecule has 2 rings (SSSR count). The number of benzene rings is 2. The first-order valence-electron chi connectivity index (χ1n) is 10.0. The van der Waals surface area contributed by atoms with Gasteiger partial charge in [-0.2, -0.15) is 0 Å². The van der Waals surface area contributed by atoms with Gasteiger partial charge in [0.05, 0.1) is 6.61 Å². The van der Waals surface area contributed by atoms with Gasteiger partial charge in [-0.1, -0.05) is 67.4 Å². The fourth-order valence-electron chi connectivity index (χ4n) is 3.00. The van der Waals surface area contributed by atoms with Gasteiger partial charge in [-0.3, -0.25) is 4.79 Å². The van der Waals surface area contributed by atoms with Crippen molar-refractivity contribution in [2.24, 2.45) is 0 Å². The van der Waals surface area contributed by atoms with Crippen LogP contribution in [0.4, 0.5) is 0 Å². The van der Waals surface area contributed by atoms with E-state index in [1.165, 1.54) is 0 Å². The van der Waals surface area contributed by atoms with E-state index in [4.69, 9.17) is 21.4 Å². The number of nitrogens with one attached hydrogen (secondary N) is 1. The number of aliphatic hydroxyl groups excluding tert-OH is 1. The van der Waals surface area contributed by atoms with Gasteiger partial charge in [0, 0.05) is 23.0 Å². The quantitative estimate of drug-likeness (QED) is 0.293. The van der Waals surface area contributed by atoms with Crippen molar-refractivity contribution in [2.45, 2.75) is 44.8 Å². The lowest BCUT2D eigenvalue weighted by molar-refractivity contribution is -0.155. The van der Waals surface area contributed by atoms with Gasteiger partial charge in [-0.25, -0.2) is 9.59 Å². The number of halogens is 1. The maximum absolute atomic E-state index is 12.2. The summed E-state index contributed by atoms with van der Waals surface area (Å²) in [7, 11) is 0. The largest absolute Gasteiger partial charge is 0.479 e. The minimum absolute atomic E-state index is 0.127. The van der Waals surface area contributed by atoms with Crippen molar-refractivity contribution in [1.82, 2.24) is 5.32 Å². The van der Waals surface area contributed by atoms with E-state index in [2.05, 4.69) is 5.32 Å². The number of carbonyl (C=O) groups excluding carboxylic acids is 2. The van der Waals surface area contributed by atoms with Crippen molar-refractivity contribution in [1.29, 1.82) is 0 Å². The number of unbranched alkanes of at least 4 members (excludes halogenated alkanes) is 1. The van der Waals surface area contributed by atoms with Crippen molar-refractivity contribution in [3.05, 3.63) is 59.1 Å². The predicted octanol–water partition coefficient (Wildman–Crippen LogP) is 3.21. The van der Waals surface area contributed by atoms with Crippen LogP contribution < -0.4 is 5.32 Å². The van der Waals surface area contributed by atoms with E-state index >= 15 is 0 Å². The van der Waals surface area contributed by atoms with Crippen molar-refractivity contribution in [3.8, 4) is 11.1 Å². The molecular weight excluding hydrogens is 422 g/mol. The monoisotopic (exact) mass is 447 g/mol. The van der Waals surface area contributed by atoms with Gasteiger partial charge < -0.3 is 20.3 Å². The molecule has 2 atom stereocenters. The highest BCUT2D eigenvalue weighted by Gasteiger charge is 2.25. The van der Waals surface area contributed by atoms with Crippen molar-refractivity contribution < 1.29 is 29.3 Å². The number of rotatable bonds is 10. The molecule has 8 heteroatoms. The second-order valence-corrected chi connectivity index (χ2v) is 7.54. The molecule has 0 aliphatic heterocycles. The highest BCUT2D eigenvalue weighted by Crippen LogP contribution is 2.29. The third-order valence-electron chi connectivity index (χ3n) is 4.64. The van der Waals surface area contributed by atoms with Gasteiger partial charge >= 0.3 is 17.8 Å². The molecule has 0 saturated carbocycles. The summed E-state index contributed by atoms with van der Waals surface area (Å²) in [6, 6.07) is 14.1. The topological polar surface area (TPSA) is 113 Å². The number of ether oxygens (including phenoxy) is 1. The lowest BCUT2D eigenvalue weighted by Gasteiger charge is -2.20. The fourth-order valence-corrected chi connectivity index (χ4v) is 3.32. The fraction of sp³-hybridized carbons (Fsp3) is 0.348. The Morgan fingerprint density at radius 2 is 1.84 bits per heavy atom. The van der Waals surface area contributed by atoms with E-state index < -0.39 is 30.0 Å². The van der Waals surface area contributed by atoms with Crippen LogP contribution >= 0.6 is 11.6 Å². The molecule has 0 bridgehead atoms. The Balaban J connectivity index is 2.13. The maximum Gasteiger partial charge on any atom is 0.396 e. The van der Waals surface area contributed by atoms with E-state index in [1.54, 1.807) is 12.1 Å². The Labute approximate surface area is 186 Å². The summed E-state index contributed by atoms with van der Waals surface area (Å²) >= 11 is 6.43. The molecule has 0 aliphatic carbocycles. The molecule has 0 spiro atoms. The standard InChI is InChI=1S/C23H26ClNO6/c1-2-3-11-31-23(30)21(27)25-17(14-20(26)22(28)29)12-15-9-10-18(19(24)13-15)16-7-5-4-6-8-16/h4-10,13,17,20,26H,2-3,11-12,14H2,1H3,(H,25,27)(H,28,29)/t17-,20-/m1/s1. The summed E-state index contributed by atoms with van der Waals surface area (Å²) in [5, 5.41) is 21.7. The van der Waals surface area contributed by atoms with Crippen LogP contribution in [-0.4, -0.2) is 46.8 Å². The van der Waals surface area contributed by atoms with Crippen molar-refractivity contribution in [3.63, 3.8) is 0 Å². The van der Waals surface area contributed by atoms with Crippen LogP contribution in [0.25, 0.3) is 11.1 Å². The summed E-state index contributed by atoms with van der Waals surface area (Å²) in [6.07, 6.45) is -0.358. The second-order valence-electron chi connectivity index (χ2n) is 7.13. The van der Waals surface area contributed by atoms with Gasteiger partial charge in [-0.15, -0.1) is 0 Å². The minimum atomic E-state index is -1.69. The van der Waals surface area contributed by atoms with Crippen molar-refractivity contribution in [2.75, 3.05) is 6.61 Å². The number of carbonyl (C=O) groups is 3. The highest BCUT2D eigenvalue weighted by atomic mass is 35.5. The van der Waals surface area contributed by atoms with Crippen molar-refractivity contribution >= 4 is 29.4 Å². The lowest BCUT2D eigenvalue weighted by atomic mass is 9.97. The molecule has 0 radical (unpaired) electrons. The number of aliphatic carboxylic acids is 1. The summed E-state index contributed by atoms with van der Waals surface area (Å²) < 4.78 is 4.88. The van der Waals surface area contributed by atoms with Gasteiger partial charge in [0.1, 0.15) is 0 Å². The average Bonchev–Trinajstić information content (AvgIpc) is 2.74. The summed E-state index contributed by atoms with van der Waals surface area (Å²) in [4.78, 5) is 35.1. The number of carboxylic acids is 1. The molecule has 0 aliphatic rings. The van der Waals surface area contributed by atoms with E-state index in [0.29, 0.717) is 17.0 Å². The van der Waals surface area contributed by atoms with Crippen LogP contribution in [0, 0.1) is 0 Å². The zero-order valence-corrected chi connectivity index (χ0v) is 18.0. The Hall–Kier alpha value is -2.90. The first-order chi connectivity index (χ1) is 14.8. The molecule has 2 aromatic carbocycles. The summed E-state index contributed by atoms with van der Waals surface area (Å²) in [6.45, 7) is 2.05. The molecule has 0 unspecified atom stereocenters. The molecule has 1 amide bonds. The van der Waals surface area contributed by atoms with Crippen LogP contribution in [0.15, 0.2) is 48.5 Å². The van der Waals surface area contributed by atoms with Gasteiger partial charge in [-0.05, 0) is 30.0 Å². The number of amides is 1. The predicted molar refractivity (Wildman–Crippen MR) is 117 cm³/mol. The first-order valence-corrected chi connectivity index (χ1v) is 10.4. The third kappa shape index (κ3) is 7.70. The summed E-state index contributed by atoms with van der Waals surface area (Å²) in [5.41, 5.74) is 2.49. The molecule has 7 nitrogen and oxygen atoms in total. The number of aliphatic hydroxyl groups is 1. The Morgan fingerprint density at radius 1 is 1.13 bits per heavy atom. The molecule has 0 aromatic heterocycles. The van der Waals surface area contributed by atoms with Crippen LogP contribution in [0.3, 0.4) is 0 Å². The molecule has 0 saturated heterocycles. The number of hydrogen-bond donors (Lipinski definition) is 3. The zero-order chi connectivity index (χ0) is 22.8. The van der Waals surface area contributed by atoms with Crippen LogP contribution in [0.1, 0.15) is 31.7 Å². The summed E-state index contributed by atoms with van der Waals surface area (Å²) in [5.74, 6) is -3.44. The molecule has 0 heterocycles. The molecule has 31 heavy (non-hydrogen) atoms. The SMILES string of the molecule is CCCCOC(=O)C(=O)N[C@H](Cc1ccc(-c2ccccc2)c(Cl)c1)C[C@@H](O)C(=O)O. The number of hydrogen-bond acceptors (Lipinski definition) is 5. The van der Waals surface area contributed by atoms with Crippen LogP contribution in [-0.2, 0) is 25.5 Å². The Bertz CT molecular complexity index is 902. The molecule has 166 valence electrons. The Kier molecular flexibility index (Phi) is 9.49. The van der Waals surface area contributed by atoms with Crippen LogP contribution in [0.5, 0.6) is 0 Å². The van der Waals surface area contributed by atoms with E-state index in [9.17, 15) is 19.5 Å². The van der Waals surface area contributed by atoms with E-state index in [-0.39, 0.29) is 19.4 Å². The average molecular weight is 448 g/mol. The van der Waals surface area contributed by atoms with Crippen LogP contribution in [0.2, 0.25) is 5.02 Å². The molecular formula is C23H26ClNO6. The van der Waals surface area contributed by atoms with E-state index in [1.807, 2.05) is 43.3 Å². The van der Waals surface area contributed by atoms with Gasteiger partial charge in [0.15, 0.2) is 6.10 Å². The number of esters is 1. The first kappa shape index (κ1) is 24.4. The zero-order valence-electron chi connectivity index (χ0n) is 17.2. The van der Waals surface area contributed by atoms with E-state index in [0.717, 1.165) is 17.5 Å². The smallest absolute Gasteiger partial charge is 0.396 e. The lowest BCUT2D eigenvalue weighted by Crippen LogP contribution is -2.44. The maximum atomic E-state index is 12.2. The minimum Gasteiger partial charge on any atom is -0.479 e. The van der Waals surface area contributed by atoms with Gasteiger partial charge in [0.25, 0.3) is 0 Å². The molecule has 3 N–H and O–H groups in total. The third-order valence-corrected chi connectivity index (χ3v) is 4.96.